The number of H-pyrrole nitrogens is 1. The zero-order valence-electron chi connectivity index (χ0n) is 14.6. The predicted octanol–water partition coefficient (Wildman–Crippen LogP) is 5.61. The van der Waals surface area contributed by atoms with E-state index in [4.69, 9.17) is 0 Å². The Labute approximate surface area is 152 Å². The normalized spacial score (nSPS) is 11.7. The number of aromatic amines is 1. The molecule has 2 aromatic heterocycles. The summed E-state index contributed by atoms with van der Waals surface area (Å²) in [7, 11) is 0. The molecule has 0 bridgehead atoms. The maximum Gasteiger partial charge on any atom is 0.0927 e. The molecule has 4 rings (SSSR count). The standard InChI is InChI=1S/C23H19N3/c1-17-4-6-18(7-5-17)8-9-19-10-12-22-21(15-19)23(26-25-22)13-11-20-3-2-14-24-16-20/h2-16H,1H3,(H,25,26)/b9-8+,13-11+. The van der Waals surface area contributed by atoms with Crippen LogP contribution in [0.2, 0.25) is 0 Å². The summed E-state index contributed by atoms with van der Waals surface area (Å²) in [6.07, 6.45) is 11.9. The third-order valence-electron chi connectivity index (χ3n) is 4.28. The maximum atomic E-state index is 4.42. The maximum absolute atomic E-state index is 4.42. The van der Waals surface area contributed by atoms with Crippen molar-refractivity contribution in [1.82, 2.24) is 15.2 Å². The lowest BCUT2D eigenvalue weighted by Crippen LogP contribution is -1.77. The van der Waals surface area contributed by atoms with E-state index in [0.717, 1.165) is 27.7 Å². The van der Waals surface area contributed by atoms with Crippen LogP contribution >= 0.6 is 0 Å². The van der Waals surface area contributed by atoms with Crippen LogP contribution in [0.15, 0.2) is 67.0 Å². The minimum absolute atomic E-state index is 0.925. The smallest absolute Gasteiger partial charge is 0.0927 e. The number of hydrogen-bond acceptors (Lipinski definition) is 2. The minimum Gasteiger partial charge on any atom is -0.277 e. The summed E-state index contributed by atoms with van der Waals surface area (Å²) in [5.74, 6) is 0. The number of hydrogen-bond donors (Lipinski definition) is 1. The summed E-state index contributed by atoms with van der Waals surface area (Å²) in [6, 6.07) is 18.8. The molecule has 2 aromatic carbocycles. The van der Waals surface area contributed by atoms with Crippen molar-refractivity contribution in [2.45, 2.75) is 6.92 Å². The Bertz CT molecular complexity index is 1070. The average molecular weight is 337 g/mol. The number of aromatic nitrogens is 3. The largest absolute Gasteiger partial charge is 0.277 e. The van der Waals surface area contributed by atoms with Gasteiger partial charge in [0.1, 0.15) is 0 Å². The second-order valence-electron chi connectivity index (χ2n) is 6.28. The van der Waals surface area contributed by atoms with Gasteiger partial charge in [0.15, 0.2) is 0 Å². The van der Waals surface area contributed by atoms with Gasteiger partial charge in [0.05, 0.1) is 11.2 Å². The van der Waals surface area contributed by atoms with Gasteiger partial charge < -0.3 is 0 Å². The highest BCUT2D eigenvalue weighted by Gasteiger charge is 2.03. The lowest BCUT2D eigenvalue weighted by Gasteiger charge is -1.97. The number of pyridine rings is 1. The Morgan fingerprint density at radius 2 is 1.58 bits per heavy atom. The van der Waals surface area contributed by atoms with Crippen LogP contribution in [0.5, 0.6) is 0 Å². The first-order valence-corrected chi connectivity index (χ1v) is 8.59. The van der Waals surface area contributed by atoms with E-state index >= 15 is 0 Å². The first-order valence-electron chi connectivity index (χ1n) is 8.59. The average Bonchev–Trinajstić information content (AvgIpc) is 3.09. The van der Waals surface area contributed by atoms with Gasteiger partial charge in [-0.05, 0) is 47.9 Å². The van der Waals surface area contributed by atoms with Gasteiger partial charge >= 0.3 is 0 Å². The quantitative estimate of drug-likeness (QED) is 0.492. The van der Waals surface area contributed by atoms with E-state index in [9.17, 15) is 0 Å². The summed E-state index contributed by atoms with van der Waals surface area (Å²) in [4.78, 5) is 4.13. The molecule has 3 heteroatoms. The monoisotopic (exact) mass is 337 g/mol. The highest BCUT2D eigenvalue weighted by molar-refractivity contribution is 5.91. The van der Waals surface area contributed by atoms with Gasteiger partial charge in [-0.1, -0.05) is 60.2 Å². The van der Waals surface area contributed by atoms with Crippen molar-refractivity contribution in [2.75, 3.05) is 0 Å². The predicted molar refractivity (Wildman–Crippen MR) is 109 cm³/mol. The highest BCUT2D eigenvalue weighted by atomic mass is 15.1. The van der Waals surface area contributed by atoms with Gasteiger partial charge in [-0.2, -0.15) is 5.10 Å². The van der Waals surface area contributed by atoms with Crippen LogP contribution in [-0.4, -0.2) is 15.2 Å². The number of nitrogens with one attached hydrogen (secondary N) is 1. The summed E-state index contributed by atoms with van der Waals surface area (Å²) >= 11 is 0. The zero-order chi connectivity index (χ0) is 17.8. The van der Waals surface area contributed by atoms with Gasteiger partial charge in [0, 0.05) is 17.8 Å². The van der Waals surface area contributed by atoms with Crippen LogP contribution in [0.3, 0.4) is 0 Å². The molecule has 0 spiro atoms. The van der Waals surface area contributed by atoms with Crippen LogP contribution in [-0.2, 0) is 0 Å². The van der Waals surface area contributed by atoms with Crippen LogP contribution in [0.1, 0.15) is 27.9 Å². The Balaban J connectivity index is 1.62. The molecule has 26 heavy (non-hydrogen) atoms. The summed E-state index contributed by atoms with van der Waals surface area (Å²) in [5, 5.41) is 8.62. The van der Waals surface area contributed by atoms with Crippen molar-refractivity contribution in [3.63, 3.8) is 0 Å². The number of rotatable bonds is 4. The van der Waals surface area contributed by atoms with Gasteiger partial charge in [-0.3, -0.25) is 10.1 Å². The Kier molecular flexibility index (Phi) is 4.44. The number of nitrogens with zero attached hydrogens (tertiary/aromatic N) is 2. The van der Waals surface area contributed by atoms with Crippen molar-refractivity contribution in [1.29, 1.82) is 0 Å². The van der Waals surface area contributed by atoms with E-state index in [1.54, 1.807) is 6.20 Å². The van der Waals surface area contributed by atoms with Crippen LogP contribution in [0.4, 0.5) is 0 Å². The molecule has 0 unspecified atom stereocenters. The molecule has 0 amide bonds. The fraction of sp³-hybridized carbons (Fsp3) is 0.0435. The van der Waals surface area contributed by atoms with E-state index in [-0.39, 0.29) is 0 Å². The first kappa shape index (κ1) is 16.0. The molecule has 0 fully saturated rings. The lowest BCUT2D eigenvalue weighted by atomic mass is 10.1. The number of benzene rings is 2. The zero-order valence-corrected chi connectivity index (χ0v) is 14.6. The molecule has 4 aromatic rings. The van der Waals surface area contributed by atoms with Crippen molar-refractivity contribution in [2.24, 2.45) is 0 Å². The van der Waals surface area contributed by atoms with Crippen molar-refractivity contribution >= 4 is 35.2 Å². The molecular formula is C23H19N3. The fourth-order valence-corrected chi connectivity index (χ4v) is 2.80. The molecule has 2 heterocycles. The Morgan fingerprint density at radius 1 is 0.808 bits per heavy atom. The van der Waals surface area contributed by atoms with Crippen molar-refractivity contribution in [3.8, 4) is 0 Å². The van der Waals surface area contributed by atoms with Gasteiger partial charge in [0.25, 0.3) is 0 Å². The van der Waals surface area contributed by atoms with Crippen LogP contribution in [0.25, 0.3) is 35.2 Å². The molecule has 0 aliphatic heterocycles. The molecule has 0 saturated heterocycles. The third kappa shape index (κ3) is 3.62. The molecular weight excluding hydrogens is 318 g/mol. The molecule has 126 valence electrons. The van der Waals surface area contributed by atoms with Crippen LogP contribution in [0, 0.1) is 6.92 Å². The SMILES string of the molecule is Cc1ccc(/C=C/c2ccc3[nH]nc(/C=C/c4cccnc4)c3c2)cc1. The second-order valence-corrected chi connectivity index (χ2v) is 6.28. The van der Waals surface area contributed by atoms with Gasteiger partial charge in [-0.15, -0.1) is 0 Å². The first-order chi connectivity index (χ1) is 12.8. The minimum atomic E-state index is 0.925. The van der Waals surface area contributed by atoms with E-state index in [0.29, 0.717) is 0 Å². The van der Waals surface area contributed by atoms with Crippen LogP contribution < -0.4 is 0 Å². The number of fused-ring (bicyclic) bond motifs is 1. The summed E-state index contributed by atoms with van der Waals surface area (Å²) in [5.41, 5.74) is 6.62. The molecule has 1 N–H and O–H groups in total. The van der Waals surface area contributed by atoms with E-state index in [2.05, 4.69) is 76.7 Å². The third-order valence-corrected chi connectivity index (χ3v) is 4.28. The van der Waals surface area contributed by atoms with Gasteiger partial charge in [0.2, 0.25) is 0 Å². The lowest BCUT2D eigenvalue weighted by molar-refractivity contribution is 1.11. The second kappa shape index (κ2) is 7.19. The van der Waals surface area contributed by atoms with E-state index in [1.165, 1.54) is 11.1 Å². The van der Waals surface area contributed by atoms with Gasteiger partial charge in [-0.25, -0.2) is 0 Å². The van der Waals surface area contributed by atoms with Crippen molar-refractivity contribution in [3.05, 3.63) is 94.9 Å². The molecule has 3 nitrogen and oxygen atoms in total. The summed E-state index contributed by atoms with van der Waals surface area (Å²) < 4.78 is 0. The molecule has 0 aliphatic carbocycles. The molecule has 0 atom stereocenters. The topological polar surface area (TPSA) is 41.6 Å². The van der Waals surface area contributed by atoms with E-state index < -0.39 is 0 Å². The fourth-order valence-electron chi connectivity index (χ4n) is 2.80. The summed E-state index contributed by atoms with van der Waals surface area (Å²) in [6.45, 7) is 2.10. The van der Waals surface area contributed by atoms with Crippen molar-refractivity contribution < 1.29 is 0 Å². The van der Waals surface area contributed by atoms with E-state index in [1.807, 2.05) is 30.5 Å². The molecule has 0 radical (unpaired) electrons. The molecule has 0 saturated carbocycles. The Hall–Kier alpha value is -3.46. The molecule has 0 aliphatic rings. The highest BCUT2D eigenvalue weighted by Crippen LogP contribution is 2.21. The Morgan fingerprint density at radius 3 is 2.38 bits per heavy atom. The number of aryl methyl sites for hydroxylation is 1.